The van der Waals surface area contributed by atoms with Crippen molar-refractivity contribution in [3.63, 3.8) is 0 Å². The molecule has 0 aliphatic carbocycles. The third kappa shape index (κ3) is 6.17. The van der Waals surface area contributed by atoms with E-state index in [2.05, 4.69) is 4.90 Å². The van der Waals surface area contributed by atoms with Crippen molar-refractivity contribution >= 4 is 22.7 Å². The summed E-state index contributed by atoms with van der Waals surface area (Å²) < 4.78 is 23.4. The first kappa shape index (κ1) is 25.6. The Morgan fingerprint density at radius 3 is 2.61 bits per heavy atom. The van der Waals surface area contributed by atoms with Crippen LogP contribution in [0.4, 0.5) is 4.39 Å². The van der Waals surface area contributed by atoms with Crippen molar-refractivity contribution in [3.8, 4) is 23.3 Å². The monoisotopic (exact) mass is 506 g/mol. The molecule has 0 radical (unpaired) electrons. The van der Waals surface area contributed by atoms with Gasteiger partial charge < -0.3 is 14.6 Å². The highest BCUT2D eigenvalue weighted by Crippen LogP contribution is 2.39. The second-order valence-electron chi connectivity index (χ2n) is 8.82. The van der Waals surface area contributed by atoms with Crippen LogP contribution in [0.5, 0.6) is 17.2 Å². The van der Waals surface area contributed by atoms with E-state index in [1.54, 1.807) is 30.3 Å². The number of hydrogen-bond acceptors (Lipinski definition) is 5. The molecule has 5 rings (SSSR count). The Morgan fingerprint density at radius 2 is 1.92 bits per heavy atom. The molecule has 0 atom stereocenters. The lowest BCUT2D eigenvalue weighted by atomic mass is 9.93. The molecule has 7 heteroatoms. The van der Waals surface area contributed by atoms with Gasteiger partial charge in [-0.2, -0.15) is 5.26 Å². The summed E-state index contributed by atoms with van der Waals surface area (Å²) in [4.78, 5) is 2.22. The van der Waals surface area contributed by atoms with Crippen molar-refractivity contribution in [3.05, 3.63) is 88.4 Å². The topological polar surface area (TPSA) is 65.7 Å². The molecule has 1 N–H and O–H groups in total. The number of phenolic OH excluding ortho intramolecular Hbond substituents is 1. The number of nitriles is 1. The second kappa shape index (κ2) is 11.9. The van der Waals surface area contributed by atoms with E-state index in [0.29, 0.717) is 23.8 Å². The first-order valence-electron chi connectivity index (χ1n) is 11.8. The molecule has 0 saturated carbocycles. The first-order chi connectivity index (χ1) is 17.5. The van der Waals surface area contributed by atoms with Crippen molar-refractivity contribution in [2.45, 2.75) is 6.92 Å². The van der Waals surface area contributed by atoms with Crippen LogP contribution in [0.25, 0.3) is 11.1 Å². The van der Waals surface area contributed by atoms with Crippen LogP contribution in [0.15, 0.2) is 66.7 Å². The van der Waals surface area contributed by atoms with E-state index in [0.717, 1.165) is 53.4 Å². The zero-order valence-electron chi connectivity index (χ0n) is 20.1. The fourth-order valence-corrected chi connectivity index (χ4v) is 4.44. The number of para-hydroxylation sites is 1. The smallest absolute Gasteiger partial charge is 0.127 e. The van der Waals surface area contributed by atoms with E-state index in [1.165, 1.54) is 0 Å². The summed E-state index contributed by atoms with van der Waals surface area (Å²) >= 11 is 6.10. The number of ether oxygens (including phenoxy) is 2. The third-order valence-electron chi connectivity index (χ3n) is 6.30. The van der Waals surface area contributed by atoms with Gasteiger partial charge in [0.1, 0.15) is 36.5 Å². The van der Waals surface area contributed by atoms with Crippen LogP contribution in [0.2, 0.25) is 5.02 Å². The van der Waals surface area contributed by atoms with Crippen LogP contribution in [-0.4, -0.2) is 49.5 Å². The molecule has 0 amide bonds. The summed E-state index contributed by atoms with van der Waals surface area (Å²) in [5.41, 5.74) is 4.28. The van der Waals surface area contributed by atoms with Gasteiger partial charge in [-0.1, -0.05) is 35.9 Å². The highest BCUT2D eigenvalue weighted by molar-refractivity contribution is 6.32. The molecule has 2 aliphatic rings. The minimum atomic E-state index is -0.184. The fourth-order valence-electron chi connectivity index (χ4n) is 4.22. The normalized spacial score (nSPS) is 15.1. The Kier molecular flexibility index (Phi) is 8.48. The fraction of sp³-hybridized carbons (Fsp3) is 0.276. The number of nitrogens with zero attached hydrogens (tertiary/aromatic N) is 2. The predicted octanol–water partition coefficient (Wildman–Crippen LogP) is 6.21. The third-order valence-corrected chi connectivity index (χ3v) is 6.61. The Bertz CT molecular complexity index is 1270. The number of allylic oxidation sites excluding steroid dienone is 1. The van der Waals surface area contributed by atoms with Crippen molar-refractivity contribution in [1.29, 1.82) is 5.26 Å². The quantitative estimate of drug-likeness (QED) is 0.430. The summed E-state index contributed by atoms with van der Waals surface area (Å²) in [5, 5.41) is 19.0. The molecule has 0 spiro atoms. The van der Waals surface area contributed by atoms with Gasteiger partial charge in [-0.05, 0) is 60.5 Å². The average Bonchev–Trinajstić information content (AvgIpc) is 2.87. The van der Waals surface area contributed by atoms with Crippen LogP contribution in [-0.2, 0) is 0 Å². The lowest BCUT2D eigenvalue weighted by Crippen LogP contribution is -2.49. The molecule has 1 saturated heterocycles. The first-order valence-corrected chi connectivity index (χ1v) is 12.2. The van der Waals surface area contributed by atoms with E-state index in [9.17, 15) is 9.50 Å². The molecule has 5 nitrogen and oxygen atoms in total. The van der Waals surface area contributed by atoms with E-state index in [1.807, 2.05) is 49.4 Å². The predicted molar refractivity (Wildman–Crippen MR) is 140 cm³/mol. The van der Waals surface area contributed by atoms with Crippen LogP contribution < -0.4 is 9.47 Å². The molecule has 36 heavy (non-hydrogen) atoms. The number of phenols is 1. The minimum absolute atomic E-state index is 0.184. The van der Waals surface area contributed by atoms with E-state index >= 15 is 0 Å². The van der Waals surface area contributed by atoms with Gasteiger partial charge in [0.15, 0.2) is 0 Å². The average molecular weight is 507 g/mol. The van der Waals surface area contributed by atoms with Gasteiger partial charge in [0.2, 0.25) is 0 Å². The summed E-state index contributed by atoms with van der Waals surface area (Å²) in [5.74, 6) is 2.13. The zero-order chi connectivity index (χ0) is 25.5. The van der Waals surface area contributed by atoms with Gasteiger partial charge in [-0.25, -0.2) is 0 Å². The lowest BCUT2D eigenvalue weighted by molar-refractivity contribution is 0.0668. The summed E-state index contributed by atoms with van der Waals surface area (Å²) in [6.45, 7) is 5.59. The number of alkyl halides is 1. The number of hydrogen-bond donors (Lipinski definition) is 1. The van der Waals surface area contributed by atoms with E-state index in [4.69, 9.17) is 26.3 Å². The maximum atomic E-state index is 12.1. The van der Waals surface area contributed by atoms with Crippen molar-refractivity contribution < 1.29 is 19.0 Å². The van der Waals surface area contributed by atoms with Crippen molar-refractivity contribution in [2.75, 3.05) is 39.5 Å². The van der Waals surface area contributed by atoms with Gasteiger partial charge in [0.05, 0.1) is 17.3 Å². The summed E-state index contributed by atoms with van der Waals surface area (Å²) in [7, 11) is 0. The number of halogens is 2. The number of rotatable bonds is 6. The molecular formula is C29H28ClFN2O3. The highest BCUT2D eigenvalue weighted by Gasteiger charge is 2.25. The molecule has 0 unspecified atom stereocenters. The molecule has 1 fully saturated rings. The molecule has 186 valence electrons. The van der Waals surface area contributed by atoms with Gasteiger partial charge in [0.25, 0.3) is 0 Å². The Hall–Kier alpha value is -3.53. The number of fused-ring (bicyclic) bond motifs is 1. The molecule has 0 aromatic heterocycles. The number of benzene rings is 3. The Labute approximate surface area is 216 Å². The molecule has 2 heterocycles. The second-order valence-corrected chi connectivity index (χ2v) is 9.23. The minimum Gasteiger partial charge on any atom is -0.508 e. The van der Waals surface area contributed by atoms with E-state index in [-0.39, 0.29) is 18.3 Å². The van der Waals surface area contributed by atoms with Crippen LogP contribution >= 0.6 is 11.6 Å². The SMILES string of the molecule is CC1=C(c2ccc(C#N)c(Cl)c2)COc2ccc(O)cc21.FCC1CN(CCOc2ccccc2)C1. The molecule has 3 aromatic rings. The number of aromatic hydroxyl groups is 1. The van der Waals surface area contributed by atoms with Gasteiger partial charge >= 0.3 is 0 Å². The summed E-state index contributed by atoms with van der Waals surface area (Å²) in [6.07, 6.45) is 0. The Balaban J connectivity index is 0.000000179. The largest absolute Gasteiger partial charge is 0.508 e. The van der Waals surface area contributed by atoms with Gasteiger partial charge in [-0.3, -0.25) is 9.29 Å². The molecule has 3 aromatic carbocycles. The van der Waals surface area contributed by atoms with Gasteiger partial charge in [-0.15, -0.1) is 0 Å². The van der Waals surface area contributed by atoms with E-state index < -0.39 is 0 Å². The van der Waals surface area contributed by atoms with Crippen LogP contribution in [0, 0.1) is 17.2 Å². The van der Waals surface area contributed by atoms with Gasteiger partial charge in [0, 0.05) is 36.7 Å². The Morgan fingerprint density at radius 1 is 1.14 bits per heavy atom. The van der Waals surface area contributed by atoms with Crippen molar-refractivity contribution in [2.24, 2.45) is 5.92 Å². The maximum absolute atomic E-state index is 12.1. The molecule has 0 bridgehead atoms. The zero-order valence-corrected chi connectivity index (χ0v) is 20.8. The molecule has 2 aliphatic heterocycles. The highest BCUT2D eigenvalue weighted by atomic mass is 35.5. The van der Waals surface area contributed by atoms with Crippen molar-refractivity contribution in [1.82, 2.24) is 4.90 Å². The molecular weight excluding hydrogens is 479 g/mol. The number of likely N-dealkylation sites (tertiary alicyclic amines) is 1. The standard InChI is InChI=1S/C17H12ClNO2.C12H16FNO/c1-10-14-7-13(20)4-5-17(14)21-9-15(10)11-2-3-12(8-19)16(18)6-11;13-8-11-9-14(10-11)6-7-15-12-4-2-1-3-5-12/h2-7,20H,9H2,1H3;1-5,11H,6-10H2. The van der Waals surface area contributed by atoms with Crippen LogP contribution in [0.1, 0.15) is 23.6 Å². The maximum Gasteiger partial charge on any atom is 0.127 e. The summed E-state index contributed by atoms with van der Waals surface area (Å²) in [6, 6.07) is 22.2. The van der Waals surface area contributed by atoms with Crippen LogP contribution in [0.3, 0.4) is 0 Å². The lowest BCUT2D eigenvalue weighted by Gasteiger charge is -2.37.